The van der Waals surface area contributed by atoms with Gasteiger partial charge in [-0.1, -0.05) is 31.0 Å². The van der Waals surface area contributed by atoms with Crippen molar-refractivity contribution in [1.29, 1.82) is 0 Å². The number of carbonyl (C=O) groups excluding carboxylic acids is 1. The summed E-state index contributed by atoms with van der Waals surface area (Å²) < 4.78 is 6.64. The molecule has 0 saturated carbocycles. The number of likely N-dealkylation sites (tertiary alicyclic amines) is 1. The van der Waals surface area contributed by atoms with Crippen molar-refractivity contribution in [3.8, 4) is 11.6 Å². The number of furan rings is 1. The molecule has 1 aliphatic heterocycles. The molecule has 3 rings (SSSR count). The number of hydrogen-bond donors (Lipinski definition) is 1. The van der Waals surface area contributed by atoms with Crippen LogP contribution in [0.15, 0.2) is 28.0 Å². The standard InChI is InChI=1S/C15H21N5O2S/c16-20-14(12-7-6-10-22-12)17-18-15(20)23-11-13(21)19-8-4-2-1-3-5-9-19/h6-7,10H,1-5,8-9,11,16H2. The van der Waals surface area contributed by atoms with Crippen molar-refractivity contribution < 1.29 is 9.21 Å². The molecular weight excluding hydrogens is 314 g/mol. The average molecular weight is 335 g/mol. The van der Waals surface area contributed by atoms with E-state index in [-0.39, 0.29) is 5.91 Å². The molecule has 2 aromatic heterocycles. The number of nitrogens with two attached hydrogens (primary N) is 1. The average Bonchev–Trinajstić information content (AvgIpc) is 3.14. The van der Waals surface area contributed by atoms with Gasteiger partial charge in [0, 0.05) is 13.1 Å². The van der Waals surface area contributed by atoms with Gasteiger partial charge in [0.05, 0.1) is 12.0 Å². The second kappa shape index (κ2) is 7.54. The van der Waals surface area contributed by atoms with Crippen molar-refractivity contribution in [2.45, 2.75) is 37.3 Å². The van der Waals surface area contributed by atoms with Gasteiger partial charge < -0.3 is 15.2 Å². The summed E-state index contributed by atoms with van der Waals surface area (Å²) in [5.41, 5.74) is 0. The van der Waals surface area contributed by atoms with Crippen LogP contribution in [0.2, 0.25) is 0 Å². The van der Waals surface area contributed by atoms with E-state index in [0.717, 1.165) is 25.9 Å². The highest BCUT2D eigenvalue weighted by molar-refractivity contribution is 7.99. The van der Waals surface area contributed by atoms with E-state index in [9.17, 15) is 4.79 Å². The molecule has 0 aromatic carbocycles. The molecule has 7 nitrogen and oxygen atoms in total. The molecule has 124 valence electrons. The van der Waals surface area contributed by atoms with Crippen LogP contribution in [0.25, 0.3) is 11.6 Å². The van der Waals surface area contributed by atoms with Crippen LogP contribution in [0.3, 0.4) is 0 Å². The molecule has 2 aromatic rings. The first-order valence-corrected chi connectivity index (χ1v) is 8.89. The van der Waals surface area contributed by atoms with Crippen molar-refractivity contribution >= 4 is 17.7 Å². The van der Waals surface area contributed by atoms with Crippen LogP contribution < -0.4 is 5.84 Å². The van der Waals surface area contributed by atoms with Gasteiger partial charge in [-0.3, -0.25) is 4.79 Å². The summed E-state index contributed by atoms with van der Waals surface area (Å²) >= 11 is 1.31. The largest absolute Gasteiger partial charge is 0.461 e. The normalized spacial score (nSPS) is 16.1. The molecule has 2 N–H and O–H groups in total. The first-order valence-electron chi connectivity index (χ1n) is 7.90. The summed E-state index contributed by atoms with van der Waals surface area (Å²) in [6.45, 7) is 1.71. The number of nitrogens with zero attached hydrogens (tertiary/aromatic N) is 4. The minimum atomic E-state index is 0.138. The Morgan fingerprint density at radius 1 is 1.22 bits per heavy atom. The van der Waals surface area contributed by atoms with Gasteiger partial charge in [0.1, 0.15) is 0 Å². The molecule has 8 heteroatoms. The summed E-state index contributed by atoms with van der Waals surface area (Å²) in [5, 5.41) is 8.58. The van der Waals surface area contributed by atoms with E-state index in [1.165, 1.54) is 35.7 Å². The van der Waals surface area contributed by atoms with Crippen molar-refractivity contribution in [3.05, 3.63) is 18.4 Å². The van der Waals surface area contributed by atoms with E-state index in [1.807, 2.05) is 4.90 Å². The van der Waals surface area contributed by atoms with Gasteiger partial charge in [0.15, 0.2) is 5.76 Å². The van der Waals surface area contributed by atoms with E-state index >= 15 is 0 Å². The molecule has 23 heavy (non-hydrogen) atoms. The number of amides is 1. The van der Waals surface area contributed by atoms with E-state index in [1.54, 1.807) is 18.4 Å². The fraction of sp³-hybridized carbons (Fsp3) is 0.533. The highest BCUT2D eigenvalue weighted by Gasteiger charge is 2.18. The predicted molar refractivity (Wildman–Crippen MR) is 88.3 cm³/mol. The predicted octanol–water partition coefficient (Wildman–Crippen LogP) is 2.14. The van der Waals surface area contributed by atoms with Gasteiger partial charge in [0.2, 0.25) is 16.9 Å². The SMILES string of the molecule is Nn1c(SCC(=O)N2CCCCCCC2)nnc1-c1ccco1. The molecule has 0 atom stereocenters. The van der Waals surface area contributed by atoms with Crippen LogP contribution in [-0.4, -0.2) is 44.5 Å². The van der Waals surface area contributed by atoms with E-state index < -0.39 is 0 Å². The number of carbonyl (C=O) groups is 1. The lowest BCUT2D eigenvalue weighted by atomic mass is 10.1. The minimum absolute atomic E-state index is 0.138. The van der Waals surface area contributed by atoms with E-state index in [2.05, 4.69) is 10.2 Å². The molecule has 1 aliphatic rings. The zero-order chi connectivity index (χ0) is 16.1. The molecular formula is C15H21N5O2S. The Kier molecular flexibility index (Phi) is 5.22. The fourth-order valence-electron chi connectivity index (χ4n) is 2.66. The molecule has 0 bridgehead atoms. The summed E-state index contributed by atoms with van der Waals surface area (Å²) in [5.74, 6) is 7.47. The molecule has 0 spiro atoms. The number of rotatable bonds is 4. The van der Waals surface area contributed by atoms with Gasteiger partial charge in [-0.25, -0.2) is 4.68 Å². The van der Waals surface area contributed by atoms with E-state index in [0.29, 0.717) is 22.5 Å². The second-order valence-electron chi connectivity index (χ2n) is 5.59. The lowest BCUT2D eigenvalue weighted by Crippen LogP contribution is -2.35. The Bertz CT molecular complexity index is 632. The van der Waals surface area contributed by atoms with Crippen LogP contribution in [0, 0.1) is 0 Å². The highest BCUT2D eigenvalue weighted by Crippen LogP contribution is 2.22. The van der Waals surface area contributed by atoms with Crippen molar-refractivity contribution in [2.75, 3.05) is 24.7 Å². The number of thioether (sulfide) groups is 1. The fourth-order valence-corrected chi connectivity index (χ4v) is 3.42. The molecule has 1 saturated heterocycles. The van der Waals surface area contributed by atoms with Crippen LogP contribution >= 0.6 is 11.8 Å². The Hall–Kier alpha value is -1.96. The summed E-state index contributed by atoms with van der Waals surface area (Å²) in [4.78, 5) is 14.3. The van der Waals surface area contributed by atoms with Gasteiger partial charge >= 0.3 is 0 Å². The zero-order valence-electron chi connectivity index (χ0n) is 13.0. The van der Waals surface area contributed by atoms with Gasteiger partial charge in [-0.15, -0.1) is 10.2 Å². The maximum atomic E-state index is 12.4. The maximum Gasteiger partial charge on any atom is 0.233 e. The Balaban J connectivity index is 1.58. The highest BCUT2D eigenvalue weighted by atomic mass is 32.2. The first kappa shape index (κ1) is 15.9. The molecule has 0 radical (unpaired) electrons. The molecule has 1 amide bonds. The third kappa shape index (κ3) is 3.87. The monoisotopic (exact) mass is 335 g/mol. The minimum Gasteiger partial charge on any atom is -0.461 e. The lowest BCUT2D eigenvalue weighted by molar-refractivity contribution is -0.128. The summed E-state index contributed by atoms with van der Waals surface area (Å²) in [7, 11) is 0. The Morgan fingerprint density at radius 3 is 2.65 bits per heavy atom. The van der Waals surface area contributed by atoms with Crippen LogP contribution in [0.1, 0.15) is 32.1 Å². The first-order chi connectivity index (χ1) is 11.3. The van der Waals surface area contributed by atoms with Gasteiger partial charge in [0.25, 0.3) is 0 Å². The summed E-state index contributed by atoms with van der Waals surface area (Å²) in [6.07, 6.45) is 7.43. The lowest BCUT2D eigenvalue weighted by Gasteiger charge is -2.24. The summed E-state index contributed by atoms with van der Waals surface area (Å²) in [6, 6.07) is 3.54. The molecule has 0 unspecified atom stereocenters. The second-order valence-corrected chi connectivity index (χ2v) is 6.53. The van der Waals surface area contributed by atoms with Crippen molar-refractivity contribution in [1.82, 2.24) is 19.8 Å². The number of aromatic nitrogens is 3. The van der Waals surface area contributed by atoms with E-state index in [4.69, 9.17) is 10.3 Å². The topological polar surface area (TPSA) is 90.2 Å². The van der Waals surface area contributed by atoms with Crippen molar-refractivity contribution in [2.24, 2.45) is 0 Å². The third-order valence-corrected chi connectivity index (χ3v) is 4.87. The van der Waals surface area contributed by atoms with Crippen LogP contribution in [0.4, 0.5) is 0 Å². The van der Waals surface area contributed by atoms with Gasteiger partial charge in [-0.05, 0) is 25.0 Å². The third-order valence-electron chi connectivity index (χ3n) is 3.94. The number of hydrogen-bond acceptors (Lipinski definition) is 6. The molecule has 3 heterocycles. The molecule has 0 aliphatic carbocycles. The maximum absolute atomic E-state index is 12.4. The Labute approximate surface area is 139 Å². The van der Waals surface area contributed by atoms with Crippen LogP contribution in [-0.2, 0) is 4.79 Å². The quantitative estimate of drug-likeness (QED) is 0.680. The Morgan fingerprint density at radius 2 is 1.96 bits per heavy atom. The van der Waals surface area contributed by atoms with Crippen LogP contribution in [0.5, 0.6) is 0 Å². The number of nitrogen functional groups attached to an aromatic ring is 1. The molecule has 1 fully saturated rings. The van der Waals surface area contributed by atoms with Crippen molar-refractivity contribution in [3.63, 3.8) is 0 Å². The smallest absolute Gasteiger partial charge is 0.233 e. The zero-order valence-corrected chi connectivity index (χ0v) is 13.8. The van der Waals surface area contributed by atoms with Gasteiger partial charge in [-0.2, -0.15) is 0 Å².